The molecular weight excluding hydrogens is 142 g/mol. The first-order valence-electron chi connectivity index (χ1n) is 4.05. The summed E-state index contributed by atoms with van der Waals surface area (Å²) in [5.41, 5.74) is -1.15. The molecule has 3 heteroatoms. The number of aliphatic hydroxyl groups is 1. The minimum absolute atomic E-state index is 0.276. The number of hydrogen-bond acceptors (Lipinski definition) is 2. The zero-order chi connectivity index (χ0) is 8.91. The summed E-state index contributed by atoms with van der Waals surface area (Å²) in [6.07, 6.45) is 1.82. The first-order valence-corrected chi connectivity index (χ1v) is 4.05. The van der Waals surface area contributed by atoms with E-state index in [1.807, 2.05) is 13.8 Å². The Bertz CT molecular complexity index is 136. The third-order valence-corrected chi connectivity index (χ3v) is 1.90. The van der Waals surface area contributed by atoms with Gasteiger partial charge in [0, 0.05) is 7.05 Å². The molecule has 0 spiro atoms. The third kappa shape index (κ3) is 2.50. The summed E-state index contributed by atoms with van der Waals surface area (Å²) in [5, 5.41) is 12.1. The van der Waals surface area contributed by atoms with Crippen LogP contribution in [-0.4, -0.2) is 23.7 Å². The van der Waals surface area contributed by atoms with E-state index in [2.05, 4.69) is 5.32 Å². The highest BCUT2D eigenvalue weighted by Crippen LogP contribution is 2.16. The van der Waals surface area contributed by atoms with Crippen molar-refractivity contribution in [1.82, 2.24) is 5.32 Å². The monoisotopic (exact) mass is 159 g/mol. The number of likely N-dealkylation sites (N-methyl/N-ethyl adjacent to an activating group) is 1. The normalized spacial score (nSPS) is 15.6. The average molecular weight is 159 g/mol. The molecule has 2 N–H and O–H groups in total. The average Bonchev–Trinajstić information content (AvgIpc) is 2.03. The van der Waals surface area contributed by atoms with Crippen LogP contribution in [0, 0.1) is 0 Å². The van der Waals surface area contributed by atoms with E-state index in [9.17, 15) is 9.90 Å². The van der Waals surface area contributed by atoms with Crippen LogP contribution in [0.15, 0.2) is 0 Å². The molecule has 11 heavy (non-hydrogen) atoms. The number of hydrogen-bond donors (Lipinski definition) is 2. The van der Waals surface area contributed by atoms with Gasteiger partial charge in [-0.15, -0.1) is 0 Å². The summed E-state index contributed by atoms with van der Waals surface area (Å²) in [7, 11) is 1.54. The Morgan fingerprint density at radius 3 is 2.36 bits per heavy atom. The lowest BCUT2D eigenvalue weighted by Crippen LogP contribution is -2.44. The zero-order valence-electron chi connectivity index (χ0n) is 7.48. The number of carbonyl (C=O) groups excluding carboxylic acids is 1. The molecule has 0 aromatic carbocycles. The second kappa shape index (κ2) is 4.34. The van der Waals surface area contributed by atoms with Crippen LogP contribution in [0.25, 0.3) is 0 Å². The van der Waals surface area contributed by atoms with Crippen molar-refractivity contribution in [3.63, 3.8) is 0 Å². The molecule has 0 heterocycles. The van der Waals surface area contributed by atoms with Crippen LogP contribution >= 0.6 is 0 Å². The van der Waals surface area contributed by atoms with Crippen molar-refractivity contribution in [2.24, 2.45) is 0 Å². The molecule has 3 nitrogen and oxygen atoms in total. The van der Waals surface area contributed by atoms with Gasteiger partial charge in [-0.3, -0.25) is 4.79 Å². The van der Waals surface area contributed by atoms with Gasteiger partial charge in [-0.25, -0.2) is 0 Å². The van der Waals surface area contributed by atoms with Gasteiger partial charge in [0.1, 0.15) is 5.60 Å². The smallest absolute Gasteiger partial charge is 0.251 e. The summed E-state index contributed by atoms with van der Waals surface area (Å²) in [6.45, 7) is 3.76. The number of rotatable bonds is 4. The SMILES string of the molecule is CCCC(O)(CC)C(=O)NC. The highest BCUT2D eigenvalue weighted by atomic mass is 16.3. The van der Waals surface area contributed by atoms with Crippen LogP contribution in [0.1, 0.15) is 33.1 Å². The Morgan fingerprint density at radius 1 is 1.55 bits per heavy atom. The van der Waals surface area contributed by atoms with Gasteiger partial charge in [-0.05, 0) is 12.8 Å². The molecule has 0 aliphatic heterocycles. The van der Waals surface area contributed by atoms with E-state index in [1.54, 1.807) is 7.05 Å². The molecule has 0 aliphatic rings. The summed E-state index contributed by atoms with van der Waals surface area (Å²) < 4.78 is 0. The van der Waals surface area contributed by atoms with E-state index in [4.69, 9.17) is 0 Å². The van der Waals surface area contributed by atoms with E-state index in [1.165, 1.54) is 0 Å². The van der Waals surface area contributed by atoms with Gasteiger partial charge in [0.2, 0.25) is 0 Å². The van der Waals surface area contributed by atoms with Crippen molar-refractivity contribution in [3.8, 4) is 0 Å². The second-order valence-corrected chi connectivity index (χ2v) is 2.71. The van der Waals surface area contributed by atoms with Crippen molar-refractivity contribution < 1.29 is 9.90 Å². The zero-order valence-corrected chi connectivity index (χ0v) is 7.48. The Labute approximate surface area is 67.8 Å². The van der Waals surface area contributed by atoms with Crippen LogP contribution in [0.3, 0.4) is 0 Å². The molecule has 1 amide bonds. The minimum Gasteiger partial charge on any atom is -0.380 e. The van der Waals surface area contributed by atoms with Crippen LogP contribution < -0.4 is 5.32 Å². The molecule has 0 saturated carbocycles. The molecule has 0 aromatic rings. The highest BCUT2D eigenvalue weighted by molar-refractivity contribution is 5.84. The molecule has 66 valence electrons. The van der Waals surface area contributed by atoms with Gasteiger partial charge in [0.15, 0.2) is 0 Å². The largest absolute Gasteiger partial charge is 0.380 e. The van der Waals surface area contributed by atoms with Gasteiger partial charge in [-0.2, -0.15) is 0 Å². The first kappa shape index (κ1) is 10.4. The maximum atomic E-state index is 11.1. The van der Waals surface area contributed by atoms with Gasteiger partial charge in [0.05, 0.1) is 0 Å². The molecule has 0 fully saturated rings. The molecule has 0 rings (SSSR count). The maximum Gasteiger partial charge on any atom is 0.251 e. The Balaban J connectivity index is 4.19. The number of carbonyl (C=O) groups is 1. The molecule has 1 atom stereocenters. The standard InChI is InChI=1S/C8H17NO2/c1-4-6-8(11,5-2)7(10)9-3/h11H,4-6H2,1-3H3,(H,9,10). The lowest BCUT2D eigenvalue weighted by molar-refractivity contribution is -0.140. The number of nitrogens with one attached hydrogen (secondary N) is 1. The Hall–Kier alpha value is -0.570. The molecule has 1 unspecified atom stereocenters. The lowest BCUT2D eigenvalue weighted by Gasteiger charge is -2.23. The fourth-order valence-corrected chi connectivity index (χ4v) is 1.10. The summed E-state index contributed by atoms with van der Waals surface area (Å²) in [6, 6.07) is 0. The first-order chi connectivity index (χ1) is 5.10. The Morgan fingerprint density at radius 2 is 2.09 bits per heavy atom. The molecule has 0 bridgehead atoms. The van der Waals surface area contributed by atoms with Crippen molar-refractivity contribution in [2.45, 2.75) is 38.7 Å². The van der Waals surface area contributed by atoms with Crippen LogP contribution in [0.4, 0.5) is 0 Å². The number of amides is 1. The highest BCUT2D eigenvalue weighted by Gasteiger charge is 2.31. The van der Waals surface area contributed by atoms with Gasteiger partial charge in [0.25, 0.3) is 5.91 Å². The van der Waals surface area contributed by atoms with Crippen molar-refractivity contribution in [3.05, 3.63) is 0 Å². The summed E-state index contributed by atoms with van der Waals surface area (Å²) in [4.78, 5) is 11.1. The summed E-state index contributed by atoms with van der Waals surface area (Å²) in [5.74, 6) is -0.276. The fraction of sp³-hybridized carbons (Fsp3) is 0.875. The van der Waals surface area contributed by atoms with Gasteiger partial charge in [-0.1, -0.05) is 20.3 Å². The predicted octanol–water partition coefficient (Wildman–Crippen LogP) is 0.674. The van der Waals surface area contributed by atoms with E-state index in [0.29, 0.717) is 12.8 Å². The summed E-state index contributed by atoms with van der Waals surface area (Å²) >= 11 is 0. The third-order valence-electron chi connectivity index (χ3n) is 1.90. The Kier molecular flexibility index (Phi) is 4.11. The quantitative estimate of drug-likeness (QED) is 0.633. The van der Waals surface area contributed by atoms with E-state index >= 15 is 0 Å². The molecule has 0 aromatic heterocycles. The second-order valence-electron chi connectivity index (χ2n) is 2.71. The van der Waals surface area contributed by atoms with Crippen molar-refractivity contribution in [1.29, 1.82) is 0 Å². The van der Waals surface area contributed by atoms with E-state index in [-0.39, 0.29) is 5.91 Å². The topological polar surface area (TPSA) is 49.3 Å². The molecule has 0 aliphatic carbocycles. The molecular formula is C8H17NO2. The van der Waals surface area contributed by atoms with Crippen molar-refractivity contribution >= 4 is 5.91 Å². The predicted molar refractivity (Wildman–Crippen MR) is 44.2 cm³/mol. The van der Waals surface area contributed by atoms with Gasteiger partial charge < -0.3 is 10.4 Å². The van der Waals surface area contributed by atoms with E-state index in [0.717, 1.165) is 6.42 Å². The molecule has 0 saturated heterocycles. The van der Waals surface area contributed by atoms with Crippen LogP contribution in [-0.2, 0) is 4.79 Å². The molecule has 0 radical (unpaired) electrons. The van der Waals surface area contributed by atoms with Crippen LogP contribution in [0.5, 0.6) is 0 Å². The van der Waals surface area contributed by atoms with E-state index < -0.39 is 5.60 Å². The van der Waals surface area contributed by atoms with Crippen molar-refractivity contribution in [2.75, 3.05) is 7.05 Å². The van der Waals surface area contributed by atoms with Crippen LogP contribution in [0.2, 0.25) is 0 Å². The lowest BCUT2D eigenvalue weighted by atomic mass is 9.94. The minimum atomic E-state index is -1.15. The van der Waals surface area contributed by atoms with Gasteiger partial charge >= 0.3 is 0 Å². The fourth-order valence-electron chi connectivity index (χ4n) is 1.10. The maximum absolute atomic E-state index is 11.1.